The fourth-order valence-corrected chi connectivity index (χ4v) is 3.50. The van der Waals surface area contributed by atoms with Crippen molar-refractivity contribution < 1.29 is 15.0 Å². The molecule has 1 atom stereocenters. The van der Waals surface area contributed by atoms with Gasteiger partial charge >= 0.3 is 5.97 Å². The molecule has 1 saturated heterocycles. The van der Waals surface area contributed by atoms with Gasteiger partial charge in [-0.3, -0.25) is 4.90 Å². The number of hydrogen-bond acceptors (Lipinski definition) is 3. The first-order chi connectivity index (χ1) is 9.97. The van der Waals surface area contributed by atoms with Gasteiger partial charge in [-0.05, 0) is 49.4 Å². The fourth-order valence-electron chi connectivity index (χ4n) is 3.50. The number of likely N-dealkylation sites (tertiary alicyclic amines) is 1. The molecule has 0 spiro atoms. The smallest absolute Gasteiger partial charge is 0.335 e. The predicted molar refractivity (Wildman–Crippen MR) is 82.3 cm³/mol. The first-order valence-corrected chi connectivity index (χ1v) is 7.65. The maximum atomic E-state index is 11.1. The van der Waals surface area contributed by atoms with Crippen molar-refractivity contribution in [1.29, 1.82) is 0 Å². The van der Waals surface area contributed by atoms with E-state index in [1.165, 1.54) is 0 Å². The first kappa shape index (κ1) is 16.0. The van der Waals surface area contributed by atoms with Gasteiger partial charge in [0.05, 0.1) is 12.2 Å². The van der Waals surface area contributed by atoms with Gasteiger partial charge in [0.1, 0.15) is 0 Å². The van der Waals surface area contributed by atoms with Crippen LogP contribution < -0.4 is 0 Å². The second kappa shape index (κ2) is 6.58. The molecular weight excluding hydrogens is 266 g/mol. The van der Waals surface area contributed by atoms with Crippen LogP contribution in [0.25, 0.3) is 0 Å². The molecule has 0 radical (unpaired) electrons. The van der Waals surface area contributed by atoms with E-state index in [0.29, 0.717) is 18.0 Å². The number of hydrogen-bond donors (Lipinski definition) is 2. The molecule has 1 heterocycles. The van der Waals surface area contributed by atoms with Crippen LogP contribution in [0, 0.1) is 5.92 Å². The average Bonchev–Trinajstić information content (AvgIpc) is 2.81. The molecule has 0 aromatic heterocycles. The highest BCUT2D eigenvalue weighted by molar-refractivity contribution is 5.87. The van der Waals surface area contributed by atoms with Crippen LogP contribution in [-0.4, -0.2) is 39.8 Å². The topological polar surface area (TPSA) is 60.8 Å². The highest BCUT2D eigenvalue weighted by atomic mass is 16.4. The Labute approximate surface area is 126 Å². The molecule has 0 aliphatic carbocycles. The van der Waals surface area contributed by atoms with Crippen molar-refractivity contribution in [1.82, 2.24) is 4.90 Å². The molecule has 2 N–H and O–H groups in total. The Hall–Kier alpha value is -1.39. The third-order valence-electron chi connectivity index (χ3n) is 4.37. The molecule has 0 amide bonds. The van der Waals surface area contributed by atoms with Gasteiger partial charge in [0, 0.05) is 12.1 Å². The lowest BCUT2D eigenvalue weighted by Crippen LogP contribution is -2.47. The molecule has 1 fully saturated rings. The molecule has 21 heavy (non-hydrogen) atoms. The Bertz CT molecular complexity index is 501. The third kappa shape index (κ3) is 3.63. The number of carbonyl (C=O) groups is 1. The van der Waals surface area contributed by atoms with Gasteiger partial charge in [-0.25, -0.2) is 4.79 Å². The predicted octanol–water partition coefficient (Wildman–Crippen LogP) is 2.76. The lowest BCUT2D eigenvalue weighted by molar-refractivity contribution is 0.0409. The quantitative estimate of drug-likeness (QED) is 0.846. The summed E-state index contributed by atoms with van der Waals surface area (Å²) in [5.41, 5.74) is 1.18. The van der Waals surface area contributed by atoms with Crippen LogP contribution >= 0.6 is 0 Å². The van der Waals surface area contributed by atoms with E-state index < -0.39 is 5.97 Å². The summed E-state index contributed by atoms with van der Waals surface area (Å²) in [6.45, 7) is 6.20. The first-order valence-electron chi connectivity index (χ1n) is 7.65. The van der Waals surface area contributed by atoms with Gasteiger partial charge < -0.3 is 10.2 Å². The van der Waals surface area contributed by atoms with E-state index in [1.54, 1.807) is 18.2 Å². The largest absolute Gasteiger partial charge is 0.478 e. The SMILES string of the molecule is CC(C)CC1(CO)CCCN1Cc1cccc(C(=O)O)c1. The third-order valence-corrected chi connectivity index (χ3v) is 4.37. The van der Waals surface area contributed by atoms with E-state index >= 15 is 0 Å². The summed E-state index contributed by atoms with van der Waals surface area (Å²) in [6.07, 6.45) is 3.08. The van der Waals surface area contributed by atoms with E-state index in [1.807, 2.05) is 6.07 Å². The van der Waals surface area contributed by atoms with Crippen molar-refractivity contribution in [3.8, 4) is 0 Å². The summed E-state index contributed by atoms with van der Waals surface area (Å²) >= 11 is 0. The summed E-state index contributed by atoms with van der Waals surface area (Å²) in [4.78, 5) is 13.4. The standard InChI is InChI=1S/C17H25NO3/c1-13(2)10-17(12-19)7-4-8-18(17)11-14-5-3-6-15(9-14)16(20)21/h3,5-6,9,13,19H,4,7-8,10-12H2,1-2H3,(H,20,21). The van der Waals surface area contributed by atoms with Crippen LogP contribution in [0.2, 0.25) is 0 Å². The zero-order valence-electron chi connectivity index (χ0n) is 12.9. The molecule has 2 rings (SSSR count). The lowest BCUT2D eigenvalue weighted by Gasteiger charge is -2.38. The molecule has 1 unspecified atom stereocenters. The number of aliphatic hydroxyl groups is 1. The number of carboxylic acids is 1. The van der Waals surface area contributed by atoms with E-state index in [0.717, 1.165) is 31.4 Å². The van der Waals surface area contributed by atoms with Crippen molar-refractivity contribution >= 4 is 5.97 Å². The summed E-state index contributed by atoms with van der Waals surface area (Å²) < 4.78 is 0. The molecule has 4 nitrogen and oxygen atoms in total. The molecule has 4 heteroatoms. The van der Waals surface area contributed by atoms with Crippen molar-refractivity contribution in [3.63, 3.8) is 0 Å². The molecule has 1 aliphatic heterocycles. The summed E-state index contributed by atoms with van der Waals surface area (Å²) in [5.74, 6) is -0.364. The fraction of sp³-hybridized carbons (Fsp3) is 0.588. The maximum absolute atomic E-state index is 11.1. The van der Waals surface area contributed by atoms with Gasteiger partial charge in [0.25, 0.3) is 0 Å². The highest BCUT2D eigenvalue weighted by Gasteiger charge is 2.40. The minimum absolute atomic E-state index is 0.145. The number of benzene rings is 1. The Morgan fingerprint density at radius 1 is 1.43 bits per heavy atom. The monoisotopic (exact) mass is 291 g/mol. The Morgan fingerprint density at radius 2 is 2.19 bits per heavy atom. The lowest BCUT2D eigenvalue weighted by atomic mass is 9.87. The van der Waals surface area contributed by atoms with Crippen molar-refractivity contribution in [2.24, 2.45) is 5.92 Å². The average molecular weight is 291 g/mol. The Balaban J connectivity index is 2.17. The van der Waals surface area contributed by atoms with E-state index in [-0.39, 0.29) is 12.1 Å². The molecule has 1 aliphatic rings. The molecule has 1 aromatic rings. The van der Waals surface area contributed by atoms with Crippen LogP contribution in [0.1, 0.15) is 49.0 Å². The summed E-state index contributed by atoms with van der Waals surface area (Å²) in [5, 5.41) is 19.0. The molecule has 0 bridgehead atoms. The van der Waals surface area contributed by atoms with Crippen LogP contribution in [0.5, 0.6) is 0 Å². The van der Waals surface area contributed by atoms with Crippen LogP contribution in [0.3, 0.4) is 0 Å². The number of aliphatic hydroxyl groups excluding tert-OH is 1. The van der Waals surface area contributed by atoms with Gasteiger partial charge in [-0.2, -0.15) is 0 Å². The summed E-state index contributed by atoms with van der Waals surface area (Å²) in [7, 11) is 0. The Morgan fingerprint density at radius 3 is 2.81 bits per heavy atom. The van der Waals surface area contributed by atoms with Crippen LogP contribution in [0.15, 0.2) is 24.3 Å². The van der Waals surface area contributed by atoms with Gasteiger partial charge in [-0.1, -0.05) is 26.0 Å². The number of aromatic carboxylic acids is 1. The zero-order valence-corrected chi connectivity index (χ0v) is 12.9. The van der Waals surface area contributed by atoms with Crippen LogP contribution in [0.4, 0.5) is 0 Å². The number of carboxylic acid groups (broad SMARTS) is 1. The van der Waals surface area contributed by atoms with Crippen molar-refractivity contribution in [2.75, 3.05) is 13.2 Å². The van der Waals surface area contributed by atoms with Gasteiger partial charge in [0.2, 0.25) is 0 Å². The Kier molecular flexibility index (Phi) is 5.01. The van der Waals surface area contributed by atoms with Crippen molar-refractivity contribution in [2.45, 2.75) is 45.2 Å². The molecule has 116 valence electrons. The van der Waals surface area contributed by atoms with Gasteiger partial charge in [0.15, 0.2) is 0 Å². The summed E-state index contributed by atoms with van der Waals surface area (Å²) in [6, 6.07) is 7.10. The minimum atomic E-state index is -0.895. The molecule has 0 saturated carbocycles. The molecular formula is C17H25NO3. The number of nitrogens with zero attached hydrogens (tertiary/aromatic N) is 1. The second-order valence-electron chi connectivity index (χ2n) is 6.51. The van der Waals surface area contributed by atoms with Gasteiger partial charge in [-0.15, -0.1) is 0 Å². The van der Waals surface area contributed by atoms with E-state index in [9.17, 15) is 9.90 Å². The second-order valence-corrected chi connectivity index (χ2v) is 6.51. The zero-order chi connectivity index (χ0) is 15.5. The highest BCUT2D eigenvalue weighted by Crippen LogP contribution is 2.35. The van der Waals surface area contributed by atoms with E-state index in [2.05, 4.69) is 18.7 Å². The van der Waals surface area contributed by atoms with E-state index in [4.69, 9.17) is 5.11 Å². The minimum Gasteiger partial charge on any atom is -0.478 e. The number of rotatable bonds is 6. The normalized spacial score (nSPS) is 22.9. The van der Waals surface area contributed by atoms with Crippen molar-refractivity contribution in [3.05, 3.63) is 35.4 Å². The van der Waals surface area contributed by atoms with Crippen LogP contribution in [-0.2, 0) is 6.54 Å². The maximum Gasteiger partial charge on any atom is 0.335 e. The molecule has 1 aromatic carbocycles.